The van der Waals surface area contributed by atoms with E-state index in [1.807, 2.05) is 35.2 Å². The van der Waals surface area contributed by atoms with Crippen LogP contribution >= 0.6 is 11.6 Å². The molecule has 2 aromatic rings. The molecule has 1 saturated carbocycles. The van der Waals surface area contributed by atoms with Crippen LogP contribution in [0, 0.1) is 11.3 Å². The molecule has 1 saturated heterocycles. The molecule has 1 aliphatic carbocycles. The van der Waals surface area contributed by atoms with Crippen LogP contribution in [0.25, 0.3) is 0 Å². The highest BCUT2D eigenvalue weighted by atomic mass is 35.5. The predicted molar refractivity (Wildman–Crippen MR) is 123 cm³/mol. The Balaban J connectivity index is 1.53. The maximum atomic E-state index is 13.7. The molecule has 2 fully saturated rings. The Bertz CT molecular complexity index is 1100. The molecule has 2 aromatic carbocycles. The highest BCUT2D eigenvalue weighted by Gasteiger charge is 2.54. The van der Waals surface area contributed by atoms with Crippen molar-refractivity contribution in [3.05, 3.63) is 65.2 Å². The number of halogens is 1. The van der Waals surface area contributed by atoms with Crippen LogP contribution in [0.5, 0.6) is 0 Å². The fraction of sp³-hybridized carbons (Fsp3) is 0.417. The summed E-state index contributed by atoms with van der Waals surface area (Å²) < 4.78 is 25.8. The number of sulfone groups is 1. The number of rotatable bonds is 5. The van der Waals surface area contributed by atoms with Gasteiger partial charge in [0.05, 0.1) is 11.0 Å². The van der Waals surface area contributed by atoms with Gasteiger partial charge in [0.2, 0.25) is 5.91 Å². The van der Waals surface area contributed by atoms with E-state index in [1.54, 1.807) is 17.0 Å². The summed E-state index contributed by atoms with van der Waals surface area (Å²) in [6, 6.07) is 17.6. The van der Waals surface area contributed by atoms with E-state index >= 15 is 0 Å². The van der Waals surface area contributed by atoms with Gasteiger partial charge in [0.1, 0.15) is 6.04 Å². The number of carbonyl (C=O) groups is 1. The first kappa shape index (κ1) is 22.8. The minimum absolute atomic E-state index is 0.143. The van der Waals surface area contributed by atoms with Crippen LogP contribution in [-0.4, -0.2) is 55.1 Å². The first-order valence-electron chi connectivity index (χ1n) is 10.9. The maximum Gasteiger partial charge on any atom is 0.244 e. The van der Waals surface area contributed by atoms with Crippen LogP contribution in [0.15, 0.2) is 59.5 Å². The number of carbonyl (C=O) groups excluding carboxylic acids is 1. The van der Waals surface area contributed by atoms with Crippen molar-refractivity contribution >= 4 is 27.3 Å². The van der Waals surface area contributed by atoms with Gasteiger partial charge in [-0.2, -0.15) is 5.26 Å². The minimum atomic E-state index is -3.86. The normalized spacial score (nSPS) is 19.9. The lowest BCUT2D eigenvalue weighted by Crippen LogP contribution is -2.57. The van der Waals surface area contributed by atoms with E-state index in [9.17, 15) is 18.5 Å². The van der Waals surface area contributed by atoms with Crippen molar-refractivity contribution in [2.24, 2.45) is 0 Å². The van der Waals surface area contributed by atoms with Crippen molar-refractivity contribution in [3.63, 3.8) is 0 Å². The van der Waals surface area contributed by atoms with Gasteiger partial charge in [0.25, 0.3) is 0 Å². The van der Waals surface area contributed by atoms with E-state index < -0.39 is 14.6 Å². The second-order valence-electron chi connectivity index (χ2n) is 8.43. The molecule has 1 unspecified atom stereocenters. The fourth-order valence-corrected chi connectivity index (χ4v) is 7.11. The van der Waals surface area contributed by atoms with Gasteiger partial charge in [-0.15, -0.1) is 0 Å². The zero-order chi connectivity index (χ0) is 22.8. The van der Waals surface area contributed by atoms with E-state index in [-0.39, 0.29) is 16.8 Å². The van der Waals surface area contributed by atoms with Gasteiger partial charge in [0.15, 0.2) is 14.6 Å². The van der Waals surface area contributed by atoms with Crippen molar-refractivity contribution in [1.29, 1.82) is 5.26 Å². The number of hydrogen-bond donors (Lipinski definition) is 0. The van der Waals surface area contributed by atoms with Crippen LogP contribution in [0.4, 0.5) is 0 Å². The lowest BCUT2D eigenvalue weighted by Gasteiger charge is -2.40. The predicted octanol–water partition coefficient (Wildman–Crippen LogP) is 3.84. The highest BCUT2D eigenvalue weighted by molar-refractivity contribution is 7.93. The smallest absolute Gasteiger partial charge is 0.244 e. The molecule has 168 valence electrons. The van der Waals surface area contributed by atoms with Crippen LogP contribution in [0.2, 0.25) is 5.02 Å². The van der Waals surface area contributed by atoms with Crippen molar-refractivity contribution in [2.75, 3.05) is 26.2 Å². The lowest BCUT2D eigenvalue weighted by atomic mass is 10.0. The Labute approximate surface area is 194 Å². The topological polar surface area (TPSA) is 81.5 Å². The van der Waals surface area contributed by atoms with Crippen LogP contribution in [0.3, 0.4) is 0 Å². The molecule has 4 rings (SSSR count). The Hall–Kier alpha value is -2.40. The zero-order valence-corrected chi connectivity index (χ0v) is 19.4. The average molecular weight is 472 g/mol. The number of benzene rings is 2. The van der Waals surface area contributed by atoms with Crippen molar-refractivity contribution in [2.45, 2.75) is 41.4 Å². The van der Waals surface area contributed by atoms with Crippen LogP contribution < -0.4 is 0 Å². The SMILES string of the molecule is N#CC(c1ccccc1)N1CCN(C(=O)C2(S(=O)(=O)c3ccc(Cl)cc3)CCCC2)CC1. The molecule has 2 aliphatic rings. The van der Waals surface area contributed by atoms with Gasteiger partial charge in [-0.1, -0.05) is 54.8 Å². The standard InChI is InChI=1S/C24H26ClN3O3S/c25-20-8-10-21(11-9-20)32(30,31)24(12-4-5-13-24)23(29)28-16-14-27(15-17-28)22(18-26)19-6-2-1-3-7-19/h1-3,6-11,22H,4-5,12-17H2. The van der Waals surface area contributed by atoms with Gasteiger partial charge >= 0.3 is 0 Å². The summed E-state index contributed by atoms with van der Waals surface area (Å²) in [5.41, 5.74) is 0.923. The van der Waals surface area contributed by atoms with E-state index in [2.05, 4.69) is 6.07 Å². The average Bonchev–Trinajstić information content (AvgIpc) is 3.33. The number of nitrogens with zero attached hydrogens (tertiary/aromatic N) is 3. The number of nitriles is 1. The molecule has 0 spiro atoms. The largest absolute Gasteiger partial charge is 0.339 e. The molecule has 1 heterocycles. The number of amides is 1. The third kappa shape index (κ3) is 4.03. The number of hydrogen-bond acceptors (Lipinski definition) is 5. The lowest BCUT2D eigenvalue weighted by molar-refractivity contribution is -0.135. The maximum absolute atomic E-state index is 13.7. The van der Waals surface area contributed by atoms with Gasteiger partial charge in [-0.25, -0.2) is 8.42 Å². The molecule has 0 radical (unpaired) electrons. The van der Waals surface area contributed by atoms with Gasteiger partial charge < -0.3 is 4.90 Å². The molecule has 8 heteroatoms. The van der Waals surface area contributed by atoms with Gasteiger partial charge in [-0.05, 0) is 42.7 Å². The Kier molecular flexibility index (Phi) is 6.57. The molecule has 1 aliphatic heterocycles. The molecular weight excluding hydrogens is 446 g/mol. The van der Waals surface area contributed by atoms with Crippen molar-refractivity contribution < 1.29 is 13.2 Å². The van der Waals surface area contributed by atoms with E-state index in [0.29, 0.717) is 56.9 Å². The second-order valence-corrected chi connectivity index (χ2v) is 11.1. The monoisotopic (exact) mass is 471 g/mol. The van der Waals surface area contributed by atoms with Crippen molar-refractivity contribution in [1.82, 2.24) is 9.80 Å². The Morgan fingerprint density at radius 3 is 2.12 bits per heavy atom. The van der Waals surface area contributed by atoms with Gasteiger partial charge in [-0.3, -0.25) is 9.69 Å². The third-order valence-electron chi connectivity index (χ3n) is 6.64. The summed E-state index contributed by atoms with van der Waals surface area (Å²) in [5, 5.41) is 10.2. The summed E-state index contributed by atoms with van der Waals surface area (Å²) in [4.78, 5) is 17.5. The Morgan fingerprint density at radius 1 is 0.969 bits per heavy atom. The zero-order valence-electron chi connectivity index (χ0n) is 17.8. The van der Waals surface area contributed by atoms with E-state index in [0.717, 1.165) is 5.56 Å². The van der Waals surface area contributed by atoms with Crippen molar-refractivity contribution in [3.8, 4) is 6.07 Å². The first-order valence-corrected chi connectivity index (χ1v) is 12.7. The molecule has 0 bridgehead atoms. The second kappa shape index (κ2) is 9.22. The summed E-state index contributed by atoms with van der Waals surface area (Å²) in [6.45, 7) is 1.86. The highest BCUT2D eigenvalue weighted by Crippen LogP contribution is 2.42. The van der Waals surface area contributed by atoms with Crippen LogP contribution in [0.1, 0.15) is 37.3 Å². The number of piperazine rings is 1. The molecule has 1 amide bonds. The molecule has 32 heavy (non-hydrogen) atoms. The van der Waals surface area contributed by atoms with E-state index in [1.165, 1.54) is 12.1 Å². The summed E-state index contributed by atoms with van der Waals surface area (Å²) in [7, 11) is -3.86. The molecular formula is C24H26ClN3O3S. The third-order valence-corrected chi connectivity index (χ3v) is 9.40. The quantitative estimate of drug-likeness (QED) is 0.661. The van der Waals surface area contributed by atoms with Crippen LogP contribution in [-0.2, 0) is 14.6 Å². The molecule has 6 nitrogen and oxygen atoms in total. The van der Waals surface area contributed by atoms with Gasteiger partial charge in [0, 0.05) is 31.2 Å². The summed E-state index contributed by atoms with van der Waals surface area (Å²) in [6.07, 6.45) is 2.09. The summed E-state index contributed by atoms with van der Waals surface area (Å²) >= 11 is 5.94. The van der Waals surface area contributed by atoms with E-state index in [4.69, 9.17) is 11.6 Å². The fourth-order valence-electron chi connectivity index (χ4n) is 4.86. The molecule has 0 N–H and O–H groups in total. The Morgan fingerprint density at radius 2 is 1.56 bits per heavy atom. The molecule has 1 atom stereocenters. The summed E-state index contributed by atoms with van der Waals surface area (Å²) in [5.74, 6) is -0.308. The molecule has 0 aromatic heterocycles. The first-order chi connectivity index (χ1) is 15.4. The minimum Gasteiger partial charge on any atom is -0.339 e.